The Balaban J connectivity index is 0.00000289. The van der Waals surface area contributed by atoms with Crippen molar-refractivity contribution in [2.45, 2.75) is 24.7 Å². The van der Waals surface area contributed by atoms with Gasteiger partial charge < -0.3 is 0 Å². The molecule has 0 aromatic heterocycles. The third-order valence-electron chi connectivity index (χ3n) is 7.13. The minimum absolute atomic E-state index is 0. The largest absolute Gasteiger partial charge is 0.184 e. The van der Waals surface area contributed by atoms with Crippen molar-refractivity contribution in [1.29, 1.82) is 0 Å². The Morgan fingerprint density at radius 2 is 0.590 bits per heavy atom. The first-order valence-electron chi connectivity index (χ1n) is 11.5. The number of hydrogen-bond acceptors (Lipinski definition) is 0. The molecule has 0 unspecified atom stereocenters. The molecule has 0 bridgehead atoms. The zero-order valence-corrected chi connectivity index (χ0v) is 36.5. The van der Waals surface area contributed by atoms with E-state index in [-0.39, 0.29) is 174 Å². The van der Waals surface area contributed by atoms with Crippen LogP contribution in [0.1, 0.15) is 47.2 Å². The maximum Gasteiger partial charge on any atom is 0 e. The summed E-state index contributed by atoms with van der Waals surface area (Å²) in [6.45, 7) is 4.58. The van der Waals surface area contributed by atoms with E-state index < -0.39 is 0 Å². The van der Waals surface area contributed by atoms with Gasteiger partial charge in [0.2, 0.25) is 0 Å². The Labute approximate surface area is 360 Å². The summed E-state index contributed by atoms with van der Waals surface area (Å²) in [4.78, 5) is 0. The van der Waals surface area contributed by atoms with Crippen molar-refractivity contribution in [2.75, 3.05) is 0 Å². The van der Waals surface area contributed by atoms with Crippen molar-refractivity contribution in [1.82, 2.24) is 0 Å². The molecule has 5 aromatic carbocycles. The molecule has 5 radical (unpaired) electrons. The molecular formula is C34H25Y5-5. The van der Waals surface area contributed by atoms with Gasteiger partial charge in [-0.05, 0) is 10.8 Å². The van der Waals surface area contributed by atoms with Crippen molar-refractivity contribution in [2.24, 2.45) is 0 Å². The maximum atomic E-state index is 3.49. The topological polar surface area (TPSA) is 0 Å². The Morgan fingerprint density at radius 1 is 0.359 bits per heavy atom. The van der Waals surface area contributed by atoms with Gasteiger partial charge in [0.1, 0.15) is 0 Å². The molecule has 5 rings (SSSR count). The van der Waals surface area contributed by atoms with Crippen LogP contribution in [0.15, 0.2) is 115 Å². The van der Waals surface area contributed by atoms with Crippen LogP contribution in [0.2, 0.25) is 0 Å². The van der Waals surface area contributed by atoms with Crippen LogP contribution in [0.25, 0.3) is 0 Å². The molecule has 0 saturated heterocycles. The minimum atomic E-state index is -0.355. The fourth-order valence-corrected chi connectivity index (χ4v) is 4.93. The summed E-state index contributed by atoms with van der Waals surface area (Å²) < 4.78 is 0. The quantitative estimate of drug-likeness (QED) is 0.124. The van der Waals surface area contributed by atoms with Gasteiger partial charge in [0.15, 0.2) is 0 Å². The van der Waals surface area contributed by atoms with E-state index in [2.05, 4.69) is 111 Å². The Kier molecular flexibility index (Phi) is 19.9. The van der Waals surface area contributed by atoms with Crippen molar-refractivity contribution in [3.63, 3.8) is 0 Å². The van der Waals surface area contributed by atoms with Gasteiger partial charge in [0.25, 0.3) is 0 Å². The van der Waals surface area contributed by atoms with Crippen LogP contribution in [-0.2, 0) is 174 Å². The second kappa shape index (κ2) is 19.1. The van der Waals surface area contributed by atoms with Crippen molar-refractivity contribution in [3.05, 3.63) is 179 Å². The van der Waals surface area contributed by atoms with E-state index in [0.29, 0.717) is 0 Å². The van der Waals surface area contributed by atoms with E-state index >= 15 is 0 Å². The van der Waals surface area contributed by atoms with Crippen LogP contribution in [0.5, 0.6) is 0 Å². The molecule has 0 nitrogen and oxygen atoms in total. The van der Waals surface area contributed by atoms with Crippen molar-refractivity contribution in [3.8, 4) is 0 Å². The summed E-state index contributed by atoms with van der Waals surface area (Å²) in [6, 6.07) is 55.9. The maximum absolute atomic E-state index is 3.49. The normalized spacial score (nSPS) is 10.3. The van der Waals surface area contributed by atoms with E-state index in [9.17, 15) is 0 Å². The zero-order chi connectivity index (χ0) is 23.4. The Morgan fingerprint density at radius 3 is 0.821 bits per heavy atom. The Bertz CT molecular complexity index is 1180. The van der Waals surface area contributed by atoms with Crippen LogP contribution in [0.3, 0.4) is 0 Å². The summed E-state index contributed by atoms with van der Waals surface area (Å²) in [7, 11) is 0. The molecule has 5 aromatic rings. The third kappa shape index (κ3) is 8.84. The summed E-state index contributed by atoms with van der Waals surface area (Å²) in [5, 5.41) is 0. The number of hydrogen-bond donors (Lipinski definition) is 0. The fourth-order valence-electron chi connectivity index (χ4n) is 4.93. The van der Waals surface area contributed by atoms with Gasteiger partial charge in [-0.15, -0.1) is 11.1 Å². The van der Waals surface area contributed by atoms with Gasteiger partial charge in [-0.1, -0.05) is 13.8 Å². The summed E-state index contributed by atoms with van der Waals surface area (Å²) in [6.07, 6.45) is 0. The molecule has 39 heavy (non-hydrogen) atoms. The summed E-state index contributed by atoms with van der Waals surface area (Å²) in [5.41, 5.74) is 6.54. The molecule has 0 heterocycles. The van der Waals surface area contributed by atoms with Crippen LogP contribution < -0.4 is 0 Å². The van der Waals surface area contributed by atoms with E-state index in [1.165, 1.54) is 33.4 Å². The van der Waals surface area contributed by atoms with E-state index in [1.807, 2.05) is 48.5 Å². The van der Waals surface area contributed by atoms with E-state index in [0.717, 1.165) is 0 Å². The molecular weight excluding hydrogens is 853 g/mol. The van der Waals surface area contributed by atoms with Gasteiger partial charge >= 0.3 is 0 Å². The van der Waals surface area contributed by atoms with Crippen LogP contribution >= 0.6 is 0 Å². The second-order valence-electron chi connectivity index (χ2n) is 8.92. The summed E-state index contributed by atoms with van der Waals surface area (Å²) in [5.74, 6) is 0. The molecule has 0 fully saturated rings. The SMILES string of the molecule is CC(c1cc[c-]cc1)(c1cc[c-]cc1)c1c[c-]cc(C(C)(c2cc[c-]cc2)c2cc[c-]cc2)c1.[Y].[Y].[Y].[Y].[Y]. The first-order valence-corrected chi connectivity index (χ1v) is 11.5. The zero-order valence-electron chi connectivity index (χ0n) is 22.4. The first-order chi connectivity index (χ1) is 16.6. The smallest absolute Gasteiger partial charge is 0 e. The molecule has 181 valence electrons. The number of benzene rings is 5. The first kappa shape index (κ1) is 40.6. The Hall–Kier alpha value is 1.62. The van der Waals surface area contributed by atoms with Crippen LogP contribution in [0.4, 0.5) is 0 Å². The molecule has 0 aliphatic rings. The minimum Gasteiger partial charge on any atom is -0.184 e. The molecule has 0 aliphatic heterocycles. The fraction of sp³-hybridized carbons (Fsp3) is 0.118. The van der Waals surface area contributed by atoms with Gasteiger partial charge in [0, 0.05) is 164 Å². The monoisotopic (exact) mass is 878 g/mol. The molecule has 0 saturated carbocycles. The van der Waals surface area contributed by atoms with Crippen LogP contribution in [-0.4, -0.2) is 0 Å². The predicted molar refractivity (Wildman–Crippen MR) is 138 cm³/mol. The average Bonchev–Trinajstić information content (AvgIpc) is 2.94. The molecule has 0 aliphatic carbocycles. The standard InChI is InChI=1S/C34H25.5Y/c1-33(27-16-7-3-8-17-27,28-18-9-4-10-19-28)31-24-15-25-32(26-31)34(2,29-20-11-5-12-21-29)30-22-13-6-14-23-30;;;;;/h7-14,16-26H,1-2H3;;;;;/q-5;;;;;. The van der Waals surface area contributed by atoms with Gasteiger partial charge in [-0.25, -0.2) is 0 Å². The summed E-state index contributed by atoms with van der Waals surface area (Å²) >= 11 is 0. The second-order valence-corrected chi connectivity index (χ2v) is 8.92. The van der Waals surface area contributed by atoms with E-state index in [4.69, 9.17) is 0 Å². The third-order valence-corrected chi connectivity index (χ3v) is 7.13. The predicted octanol–water partition coefficient (Wildman–Crippen LogP) is 7.38. The molecule has 0 amide bonds. The number of rotatable bonds is 6. The molecule has 0 atom stereocenters. The van der Waals surface area contributed by atoms with Gasteiger partial charge in [0.05, 0.1) is 0 Å². The van der Waals surface area contributed by atoms with Crippen molar-refractivity contribution < 1.29 is 164 Å². The van der Waals surface area contributed by atoms with Gasteiger partial charge in [-0.2, -0.15) is 168 Å². The van der Waals surface area contributed by atoms with Crippen molar-refractivity contribution >= 4 is 0 Å². The van der Waals surface area contributed by atoms with Gasteiger partial charge in [-0.3, -0.25) is 0 Å². The van der Waals surface area contributed by atoms with Crippen LogP contribution in [0, 0.1) is 30.3 Å². The molecule has 5 heteroatoms. The van der Waals surface area contributed by atoms with E-state index in [1.54, 1.807) is 0 Å². The molecule has 0 spiro atoms. The average molecular weight is 878 g/mol. The molecule has 0 N–H and O–H groups in total.